The van der Waals surface area contributed by atoms with E-state index in [1.165, 1.54) is 18.3 Å². The first kappa shape index (κ1) is 16.1. The van der Waals surface area contributed by atoms with Crippen LogP contribution in [0, 0.1) is 5.92 Å². The number of hydrogen-bond acceptors (Lipinski definition) is 6. The largest absolute Gasteiger partial charge is 0.461 e. The Morgan fingerprint density at radius 3 is 2.57 bits per heavy atom. The Kier molecular flexibility index (Phi) is 4.78. The van der Waals surface area contributed by atoms with Crippen LogP contribution in [0.15, 0.2) is 0 Å². The molecule has 0 bridgehead atoms. The third kappa shape index (κ3) is 3.32. The average molecular weight is 310 g/mol. The fraction of sp³-hybridized carbons (Fsp3) is 0.667. The molecule has 1 heterocycles. The van der Waals surface area contributed by atoms with Crippen molar-refractivity contribution in [2.75, 3.05) is 6.61 Å². The van der Waals surface area contributed by atoms with Crippen LogP contribution in [-0.4, -0.2) is 23.3 Å². The SMILES string of the molecule is CCOC(=O)c1nc(C2(N)CCC(C)CC2)sc1C(C)=O. The topological polar surface area (TPSA) is 82.3 Å². The van der Waals surface area contributed by atoms with Crippen LogP contribution in [0.1, 0.15) is 71.6 Å². The van der Waals surface area contributed by atoms with E-state index in [1.54, 1.807) is 6.92 Å². The second-order valence-corrected chi connectivity index (χ2v) is 6.81. The summed E-state index contributed by atoms with van der Waals surface area (Å²) in [6.45, 7) is 5.64. The Hall–Kier alpha value is -1.27. The van der Waals surface area contributed by atoms with Gasteiger partial charge in [0.25, 0.3) is 0 Å². The van der Waals surface area contributed by atoms with Crippen molar-refractivity contribution in [2.45, 2.75) is 52.0 Å². The molecule has 116 valence electrons. The van der Waals surface area contributed by atoms with Gasteiger partial charge in [-0.2, -0.15) is 0 Å². The third-order valence-corrected chi connectivity index (χ3v) is 5.38. The van der Waals surface area contributed by atoms with Crippen LogP contribution in [0.4, 0.5) is 0 Å². The second-order valence-electron chi connectivity index (χ2n) is 5.81. The number of esters is 1. The first-order chi connectivity index (χ1) is 9.87. The van der Waals surface area contributed by atoms with E-state index in [9.17, 15) is 9.59 Å². The van der Waals surface area contributed by atoms with Crippen LogP contribution < -0.4 is 5.73 Å². The normalized spacial score (nSPS) is 25.6. The smallest absolute Gasteiger partial charge is 0.358 e. The zero-order valence-electron chi connectivity index (χ0n) is 12.8. The van der Waals surface area contributed by atoms with Crippen LogP contribution in [0.25, 0.3) is 0 Å². The lowest BCUT2D eigenvalue weighted by Crippen LogP contribution is -2.40. The van der Waals surface area contributed by atoms with Gasteiger partial charge in [0.05, 0.1) is 12.1 Å². The van der Waals surface area contributed by atoms with Gasteiger partial charge in [-0.1, -0.05) is 6.92 Å². The number of ether oxygens (including phenoxy) is 1. The lowest BCUT2D eigenvalue weighted by molar-refractivity contribution is 0.0517. The molecule has 0 unspecified atom stereocenters. The number of nitrogens with zero attached hydrogens (tertiary/aromatic N) is 1. The predicted molar refractivity (Wildman–Crippen MR) is 81.6 cm³/mol. The van der Waals surface area contributed by atoms with E-state index >= 15 is 0 Å². The summed E-state index contributed by atoms with van der Waals surface area (Å²) in [6.07, 6.45) is 3.75. The molecule has 0 amide bonds. The van der Waals surface area contributed by atoms with E-state index < -0.39 is 11.5 Å². The molecule has 0 saturated heterocycles. The maximum atomic E-state index is 12.0. The molecule has 0 aromatic carbocycles. The van der Waals surface area contributed by atoms with E-state index in [4.69, 9.17) is 10.5 Å². The molecule has 0 radical (unpaired) electrons. The Morgan fingerprint density at radius 2 is 2.05 bits per heavy atom. The molecule has 0 aliphatic heterocycles. The highest BCUT2D eigenvalue weighted by Gasteiger charge is 2.37. The fourth-order valence-corrected chi connectivity index (χ4v) is 3.71. The number of aromatic nitrogens is 1. The number of carbonyl (C=O) groups is 2. The van der Waals surface area contributed by atoms with Gasteiger partial charge < -0.3 is 10.5 Å². The maximum Gasteiger partial charge on any atom is 0.358 e. The first-order valence-corrected chi connectivity index (χ1v) is 8.17. The van der Waals surface area contributed by atoms with E-state index in [2.05, 4.69) is 11.9 Å². The molecule has 1 saturated carbocycles. The summed E-state index contributed by atoms with van der Waals surface area (Å²) in [5.41, 5.74) is 6.08. The highest BCUT2D eigenvalue weighted by atomic mass is 32.1. The van der Waals surface area contributed by atoms with Gasteiger partial charge in [-0.25, -0.2) is 9.78 Å². The molecule has 1 fully saturated rings. The molecule has 0 spiro atoms. The number of ketones is 1. The van der Waals surface area contributed by atoms with E-state index in [1.807, 2.05) is 0 Å². The van der Waals surface area contributed by atoms with Gasteiger partial charge >= 0.3 is 5.97 Å². The molecular weight excluding hydrogens is 288 g/mol. The van der Waals surface area contributed by atoms with Crippen molar-refractivity contribution in [3.8, 4) is 0 Å². The molecule has 1 aromatic heterocycles. The van der Waals surface area contributed by atoms with Gasteiger partial charge in [-0.05, 0) is 38.5 Å². The number of Topliss-reactive ketones (excluding diaryl/α,β-unsaturated/α-hetero) is 1. The monoisotopic (exact) mass is 310 g/mol. The highest BCUT2D eigenvalue weighted by Crippen LogP contribution is 2.39. The van der Waals surface area contributed by atoms with Crippen LogP contribution in [0.3, 0.4) is 0 Å². The lowest BCUT2D eigenvalue weighted by Gasteiger charge is -2.34. The molecule has 2 N–H and O–H groups in total. The van der Waals surface area contributed by atoms with Gasteiger partial charge in [-0.15, -0.1) is 11.3 Å². The number of carbonyl (C=O) groups excluding carboxylic acids is 2. The molecule has 1 aliphatic rings. The molecule has 21 heavy (non-hydrogen) atoms. The molecule has 6 heteroatoms. The van der Waals surface area contributed by atoms with Crippen molar-refractivity contribution in [1.82, 2.24) is 4.98 Å². The maximum absolute atomic E-state index is 12.0. The average Bonchev–Trinajstić information content (AvgIpc) is 2.89. The van der Waals surface area contributed by atoms with Crippen molar-refractivity contribution in [1.29, 1.82) is 0 Å². The number of hydrogen-bond donors (Lipinski definition) is 1. The minimum atomic E-state index is -0.544. The minimum Gasteiger partial charge on any atom is -0.461 e. The van der Waals surface area contributed by atoms with Gasteiger partial charge in [0.2, 0.25) is 0 Å². The minimum absolute atomic E-state index is 0.118. The third-order valence-electron chi connectivity index (χ3n) is 4.01. The number of nitrogens with two attached hydrogens (primary N) is 1. The van der Waals surface area contributed by atoms with Crippen molar-refractivity contribution in [2.24, 2.45) is 11.7 Å². The van der Waals surface area contributed by atoms with E-state index in [-0.39, 0.29) is 18.1 Å². The summed E-state index contributed by atoms with van der Waals surface area (Å²) in [4.78, 5) is 28.4. The molecule has 1 aromatic rings. The summed E-state index contributed by atoms with van der Waals surface area (Å²) in [5.74, 6) is -0.0500. The zero-order valence-corrected chi connectivity index (χ0v) is 13.6. The predicted octanol–water partition coefficient (Wildman–Crippen LogP) is 2.89. The van der Waals surface area contributed by atoms with Gasteiger partial charge in [0.1, 0.15) is 9.88 Å². The number of rotatable bonds is 4. The molecule has 5 nitrogen and oxygen atoms in total. The number of thiazole rings is 1. The van der Waals surface area contributed by atoms with Gasteiger partial charge in [0, 0.05) is 6.92 Å². The molecule has 2 rings (SSSR count). The first-order valence-electron chi connectivity index (χ1n) is 7.35. The molecule has 1 aliphatic carbocycles. The summed E-state index contributed by atoms with van der Waals surface area (Å²) in [5, 5.41) is 0.683. The second kappa shape index (κ2) is 6.23. The Labute approximate surface area is 128 Å². The summed E-state index contributed by atoms with van der Waals surface area (Å²) < 4.78 is 4.98. The van der Waals surface area contributed by atoms with Crippen LogP contribution in [0.2, 0.25) is 0 Å². The standard InChI is InChI=1S/C15H22N2O3S/c1-4-20-13(19)11-12(10(3)18)21-14(17-11)15(16)7-5-9(2)6-8-15/h9H,4-8,16H2,1-3H3. The van der Waals surface area contributed by atoms with E-state index in [0.717, 1.165) is 25.7 Å². The van der Waals surface area contributed by atoms with Gasteiger partial charge in [-0.3, -0.25) is 4.79 Å². The Morgan fingerprint density at radius 1 is 1.43 bits per heavy atom. The van der Waals surface area contributed by atoms with Crippen molar-refractivity contribution < 1.29 is 14.3 Å². The summed E-state index contributed by atoms with van der Waals surface area (Å²) >= 11 is 1.24. The van der Waals surface area contributed by atoms with Crippen LogP contribution in [0.5, 0.6) is 0 Å². The van der Waals surface area contributed by atoms with Crippen molar-refractivity contribution in [3.05, 3.63) is 15.6 Å². The summed E-state index contributed by atoms with van der Waals surface area (Å²) in [6, 6.07) is 0. The highest BCUT2D eigenvalue weighted by molar-refractivity contribution is 7.14. The van der Waals surface area contributed by atoms with Crippen LogP contribution in [-0.2, 0) is 10.3 Å². The summed E-state index contributed by atoms with van der Waals surface area (Å²) in [7, 11) is 0. The fourth-order valence-electron chi connectivity index (χ4n) is 2.60. The quantitative estimate of drug-likeness (QED) is 0.683. The Bertz CT molecular complexity index is 545. The molecule has 0 atom stereocenters. The van der Waals surface area contributed by atoms with Crippen LogP contribution >= 0.6 is 11.3 Å². The molecular formula is C15H22N2O3S. The van der Waals surface area contributed by atoms with E-state index in [0.29, 0.717) is 15.8 Å². The van der Waals surface area contributed by atoms with Gasteiger partial charge in [0.15, 0.2) is 11.5 Å². The Balaban J connectivity index is 2.35. The lowest BCUT2D eigenvalue weighted by atomic mass is 9.78. The van der Waals surface area contributed by atoms with Crippen molar-refractivity contribution in [3.63, 3.8) is 0 Å². The van der Waals surface area contributed by atoms with Crippen molar-refractivity contribution >= 4 is 23.1 Å². The zero-order chi connectivity index (χ0) is 15.6.